The molecule has 0 fully saturated rings. The number of nitriles is 1. The second kappa shape index (κ2) is 12.2. The van der Waals surface area contributed by atoms with Crippen LogP contribution in [0.15, 0.2) is 93.3 Å². The van der Waals surface area contributed by atoms with Crippen molar-refractivity contribution in [2.45, 2.75) is 11.5 Å². The molecule has 0 spiro atoms. The fraction of sp³-hybridized carbons (Fsp3) is 0.107. The van der Waals surface area contributed by atoms with Crippen molar-refractivity contribution in [2.75, 3.05) is 12.9 Å². The molecular formula is C28H22BrN3O3S. The summed E-state index contributed by atoms with van der Waals surface area (Å²) >= 11 is 5.00. The maximum atomic E-state index is 12.3. The molecule has 0 atom stereocenters. The van der Waals surface area contributed by atoms with Crippen molar-refractivity contribution < 1.29 is 14.3 Å². The Labute approximate surface area is 222 Å². The lowest BCUT2D eigenvalue weighted by Crippen LogP contribution is -2.19. The predicted molar refractivity (Wildman–Crippen MR) is 147 cm³/mol. The number of hydrogen-bond donors (Lipinski definition) is 1. The van der Waals surface area contributed by atoms with E-state index in [1.807, 2.05) is 42.5 Å². The van der Waals surface area contributed by atoms with E-state index in [-0.39, 0.29) is 11.7 Å². The minimum absolute atomic E-state index is 0.197. The molecule has 180 valence electrons. The lowest BCUT2D eigenvalue weighted by molar-refractivity contribution is -0.118. The highest BCUT2D eigenvalue weighted by atomic mass is 79.9. The third kappa shape index (κ3) is 6.45. The topological polar surface area (TPSA) is 83.7 Å². The molecule has 4 rings (SSSR count). The third-order valence-electron chi connectivity index (χ3n) is 5.23. The highest BCUT2D eigenvalue weighted by Gasteiger charge is 2.12. The zero-order valence-corrected chi connectivity index (χ0v) is 21.8. The van der Waals surface area contributed by atoms with Crippen LogP contribution >= 0.6 is 27.7 Å². The van der Waals surface area contributed by atoms with Crippen molar-refractivity contribution in [1.82, 2.24) is 5.43 Å². The maximum Gasteiger partial charge on any atom is 0.250 e. The lowest BCUT2D eigenvalue weighted by Gasteiger charge is -2.13. The molecule has 36 heavy (non-hydrogen) atoms. The van der Waals surface area contributed by atoms with E-state index in [0.29, 0.717) is 28.1 Å². The fourth-order valence-electron chi connectivity index (χ4n) is 3.46. The molecule has 1 N–H and O–H groups in total. The molecule has 0 saturated heterocycles. The van der Waals surface area contributed by atoms with Gasteiger partial charge in [-0.1, -0.05) is 48.5 Å². The summed E-state index contributed by atoms with van der Waals surface area (Å²) in [6.45, 7) is 0.318. The number of hydrazone groups is 1. The van der Waals surface area contributed by atoms with Crippen LogP contribution in [0.5, 0.6) is 11.5 Å². The summed E-state index contributed by atoms with van der Waals surface area (Å²) in [6, 6.07) is 27.1. The van der Waals surface area contributed by atoms with E-state index in [1.165, 1.54) is 11.8 Å². The van der Waals surface area contributed by atoms with Crippen molar-refractivity contribution in [2.24, 2.45) is 5.10 Å². The van der Waals surface area contributed by atoms with Crippen molar-refractivity contribution in [3.8, 4) is 17.6 Å². The van der Waals surface area contributed by atoms with Crippen molar-refractivity contribution in [3.05, 3.63) is 100 Å². The molecule has 4 aromatic rings. The van der Waals surface area contributed by atoms with Crippen LogP contribution in [0.1, 0.15) is 16.7 Å². The van der Waals surface area contributed by atoms with Crippen LogP contribution in [0, 0.1) is 11.3 Å². The van der Waals surface area contributed by atoms with E-state index in [0.717, 1.165) is 26.8 Å². The summed E-state index contributed by atoms with van der Waals surface area (Å²) in [6.07, 6.45) is 1.55. The van der Waals surface area contributed by atoms with Crippen LogP contribution in [0.25, 0.3) is 10.8 Å². The second-order valence-corrected chi connectivity index (χ2v) is 9.56. The number of carbonyl (C=O) groups excluding carboxylic acids is 1. The summed E-state index contributed by atoms with van der Waals surface area (Å²) in [5.74, 6) is 1.13. The van der Waals surface area contributed by atoms with E-state index in [9.17, 15) is 4.79 Å². The van der Waals surface area contributed by atoms with Gasteiger partial charge in [0.15, 0.2) is 11.5 Å². The minimum Gasteiger partial charge on any atom is -0.493 e. The Kier molecular flexibility index (Phi) is 8.61. The quantitative estimate of drug-likeness (QED) is 0.148. The van der Waals surface area contributed by atoms with Gasteiger partial charge in [0, 0.05) is 4.90 Å². The Balaban J connectivity index is 1.35. The molecule has 6 nitrogen and oxygen atoms in total. The number of hydrogen-bond acceptors (Lipinski definition) is 6. The van der Waals surface area contributed by atoms with Crippen LogP contribution in [0.2, 0.25) is 0 Å². The van der Waals surface area contributed by atoms with E-state index in [2.05, 4.69) is 50.7 Å². The second-order valence-electron chi connectivity index (χ2n) is 7.69. The average molecular weight is 560 g/mol. The lowest BCUT2D eigenvalue weighted by atomic mass is 10.1. The van der Waals surface area contributed by atoms with Gasteiger partial charge in [-0.05, 0) is 68.2 Å². The average Bonchev–Trinajstić information content (AvgIpc) is 2.91. The number of nitrogens with one attached hydrogen (secondary N) is 1. The highest BCUT2D eigenvalue weighted by molar-refractivity contribution is 9.10. The number of amides is 1. The molecule has 0 saturated carbocycles. The highest BCUT2D eigenvalue weighted by Crippen LogP contribution is 2.37. The SMILES string of the molecule is COc1cc(C=NNC(=O)CSc2cccc3ccccc23)cc(Br)c1OCc1ccc(C#N)cc1. The Hall–Kier alpha value is -3.80. The normalized spacial score (nSPS) is 10.8. The molecule has 0 aliphatic carbocycles. The van der Waals surface area contributed by atoms with Gasteiger partial charge in [0.25, 0.3) is 0 Å². The van der Waals surface area contributed by atoms with Gasteiger partial charge in [0.05, 0.1) is 35.2 Å². The molecule has 4 aromatic carbocycles. The molecular weight excluding hydrogens is 538 g/mol. The molecule has 0 unspecified atom stereocenters. The first kappa shape index (κ1) is 25.3. The first-order chi connectivity index (χ1) is 17.6. The number of thioether (sulfide) groups is 1. The first-order valence-corrected chi connectivity index (χ1v) is 12.8. The number of carbonyl (C=O) groups is 1. The van der Waals surface area contributed by atoms with E-state index in [4.69, 9.17) is 14.7 Å². The Morgan fingerprint density at radius 3 is 2.67 bits per heavy atom. The Morgan fingerprint density at radius 1 is 1.11 bits per heavy atom. The maximum absolute atomic E-state index is 12.3. The summed E-state index contributed by atoms with van der Waals surface area (Å²) in [7, 11) is 1.56. The van der Waals surface area contributed by atoms with E-state index >= 15 is 0 Å². The van der Waals surface area contributed by atoms with Crippen LogP contribution in [0.3, 0.4) is 0 Å². The molecule has 0 radical (unpaired) electrons. The van der Waals surface area contributed by atoms with Gasteiger partial charge in [0.2, 0.25) is 5.91 Å². The smallest absolute Gasteiger partial charge is 0.250 e. The van der Waals surface area contributed by atoms with Crippen LogP contribution in [0.4, 0.5) is 0 Å². The number of halogens is 1. The van der Waals surface area contributed by atoms with Gasteiger partial charge < -0.3 is 9.47 Å². The molecule has 0 aliphatic rings. The molecule has 0 aromatic heterocycles. The van der Waals surface area contributed by atoms with Crippen molar-refractivity contribution in [1.29, 1.82) is 5.26 Å². The van der Waals surface area contributed by atoms with Gasteiger partial charge in [-0.2, -0.15) is 10.4 Å². The molecule has 0 heterocycles. The molecule has 8 heteroatoms. The number of rotatable bonds is 9. The largest absolute Gasteiger partial charge is 0.493 e. The fourth-order valence-corrected chi connectivity index (χ4v) is 4.90. The summed E-state index contributed by atoms with van der Waals surface area (Å²) in [5.41, 5.74) is 4.83. The van der Waals surface area contributed by atoms with Crippen molar-refractivity contribution >= 4 is 50.6 Å². The van der Waals surface area contributed by atoms with E-state index in [1.54, 1.807) is 31.5 Å². The van der Waals surface area contributed by atoms with Gasteiger partial charge in [-0.25, -0.2) is 5.43 Å². The predicted octanol–water partition coefficient (Wildman–Crippen LogP) is 6.30. The Bertz CT molecular complexity index is 1440. The zero-order chi connectivity index (χ0) is 25.3. The number of fused-ring (bicyclic) bond motifs is 1. The molecule has 0 aliphatic heterocycles. The van der Waals surface area contributed by atoms with Gasteiger partial charge in [-0.15, -0.1) is 11.8 Å². The van der Waals surface area contributed by atoms with Crippen LogP contribution < -0.4 is 14.9 Å². The van der Waals surface area contributed by atoms with Gasteiger partial charge in [-0.3, -0.25) is 4.79 Å². The number of methoxy groups -OCH3 is 1. The molecule has 0 bridgehead atoms. The molecule has 1 amide bonds. The van der Waals surface area contributed by atoms with Crippen molar-refractivity contribution in [3.63, 3.8) is 0 Å². The first-order valence-electron chi connectivity index (χ1n) is 11.0. The van der Waals surface area contributed by atoms with Gasteiger partial charge in [0.1, 0.15) is 6.61 Å². The summed E-state index contributed by atoms with van der Waals surface area (Å²) in [5, 5.41) is 15.3. The zero-order valence-electron chi connectivity index (χ0n) is 19.4. The third-order valence-corrected chi connectivity index (χ3v) is 6.89. The summed E-state index contributed by atoms with van der Waals surface area (Å²) < 4.78 is 12.1. The minimum atomic E-state index is -0.197. The Morgan fingerprint density at radius 2 is 1.89 bits per heavy atom. The van der Waals surface area contributed by atoms with Gasteiger partial charge >= 0.3 is 0 Å². The van der Waals surface area contributed by atoms with Crippen LogP contribution in [-0.4, -0.2) is 25.0 Å². The number of ether oxygens (including phenoxy) is 2. The summed E-state index contributed by atoms with van der Waals surface area (Å²) in [4.78, 5) is 13.4. The van der Waals surface area contributed by atoms with Crippen LogP contribution in [-0.2, 0) is 11.4 Å². The number of nitrogens with zero attached hydrogens (tertiary/aromatic N) is 2. The number of benzene rings is 4. The van der Waals surface area contributed by atoms with E-state index < -0.39 is 0 Å². The standard InChI is InChI=1S/C28H22BrN3O3S/c1-34-25-14-21(13-24(29)28(25)35-17-20-11-9-19(15-30)10-12-20)16-31-32-27(33)18-36-26-8-4-6-22-5-2-3-7-23(22)26/h2-14,16H,17-18H2,1H3,(H,32,33). The monoisotopic (exact) mass is 559 g/mol.